The third-order valence-electron chi connectivity index (χ3n) is 3.95. The number of hydrogen-bond acceptors (Lipinski definition) is 1. The summed E-state index contributed by atoms with van der Waals surface area (Å²) >= 11 is 0. The summed E-state index contributed by atoms with van der Waals surface area (Å²) in [5, 5.41) is 2.32. The van der Waals surface area contributed by atoms with Gasteiger partial charge in [-0.15, -0.1) is 0 Å². The van der Waals surface area contributed by atoms with E-state index in [1.165, 1.54) is 16.7 Å². The lowest BCUT2D eigenvalue weighted by molar-refractivity contribution is -0.708. The van der Waals surface area contributed by atoms with Crippen molar-refractivity contribution < 1.29 is 5.32 Å². The van der Waals surface area contributed by atoms with Gasteiger partial charge in [0.05, 0.1) is 5.69 Å². The Balaban J connectivity index is 1.65. The first-order valence-corrected chi connectivity index (χ1v) is 7.71. The van der Waals surface area contributed by atoms with Crippen molar-refractivity contribution in [3.63, 3.8) is 0 Å². The fourth-order valence-electron chi connectivity index (χ4n) is 2.56. The molecule has 2 N–H and O–H groups in total. The van der Waals surface area contributed by atoms with E-state index in [9.17, 15) is 0 Å². The number of pyridine rings is 1. The van der Waals surface area contributed by atoms with Crippen LogP contribution in [0.3, 0.4) is 0 Å². The maximum Gasteiger partial charge on any atom is 0.119 e. The number of quaternary nitrogens is 1. The van der Waals surface area contributed by atoms with Gasteiger partial charge in [-0.1, -0.05) is 60.7 Å². The fourth-order valence-corrected chi connectivity index (χ4v) is 2.56. The molecule has 0 unspecified atom stereocenters. The third-order valence-corrected chi connectivity index (χ3v) is 3.95. The van der Waals surface area contributed by atoms with Gasteiger partial charge in [-0.05, 0) is 30.2 Å². The Morgan fingerprint density at radius 3 is 2.18 bits per heavy atom. The Bertz CT molecular complexity index is 691. The third kappa shape index (κ3) is 3.60. The number of rotatable bonds is 5. The molecule has 0 bridgehead atoms. The SMILES string of the molecule is C[C@H]([NH2+]Cc1ccccn1)c1ccc(-c2ccccc2)cc1. The van der Waals surface area contributed by atoms with Crippen LogP contribution in [0.4, 0.5) is 0 Å². The van der Waals surface area contributed by atoms with Gasteiger partial charge >= 0.3 is 0 Å². The van der Waals surface area contributed by atoms with Crippen LogP contribution in [0.15, 0.2) is 79.0 Å². The molecule has 0 aliphatic rings. The zero-order valence-corrected chi connectivity index (χ0v) is 12.8. The Morgan fingerprint density at radius 2 is 1.50 bits per heavy atom. The summed E-state index contributed by atoms with van der Waals surface area (Å²) in [5.74, 6) is 0. The minimum Gasteiger partial charge on any atom is -0.335 e. The summed E-state index contributed by atoms with van der Waals surface area (Å²) < 4.78 is 0. The van der Waals surface area contributed by atoms with Crippen LogP contribution >= 0.6 is 0 Å². The topological polar surface area (TPSA) is 29.5 Å². The number of hydrogen-bond donors (Lipinski definition) is 1. The molecule has 2 heteroatoms. The quantitative estimate of drug-likeness (QED) is 0.764. The Hall–Kier alpha value is -2.45. The zero-order chi connectivity index (χ0) is 15.2. The molecule has 2 aromatic carbocycles. The van der Waals surface area contributed by atoms with Crippen LogP contribution in [0.1, 0.15) is 24.2 Å². The molecule has 22 heavy (non-hydrogen) atoms. The van der Waals surface area contributed by atoms with Crippen LogP contribution in [0.2, 0.25) is 0 Å². The highest BCUT2D eigenvalue weighted by Gasteiger charge is 2.09. The molecule has 0 saturated heterocycles. The summed E-state index contributed by atoms with van der Waals surface area (Å²) in [4.78, 5) is 4.37. The number of benzene rings is 2. The van der Waals surface area contributed by atoms with E-state index < -0.39 is 0 Å². The molecule has 1 aromatic heterocycles. The Kier molecular flexibility index (Phi) is 4.62. The lowest BCUT2D eigenvalue weighted by Gasteiger charge is -2.11. The average molecular weight is 289 g/mol. The summed E-state index contributed by atoms with van der Waals surface area (Å²) in [6.07, 6.45) is 1.85. The number of nitrogens with zero attached hydrogens (tertiary/aromatic N) is 1. The van der Waals surface area contributed by atoms with Crippen molar-refractivity contribution in [3.05, 3.63) is 90.3 Å². The first-order chi connectivity index (χ1) is 10.8. The van der Waals surface area contributed by atoms with Gasteiger partial charge < -0.3 is 5.32 Å². The van der Waals surface area contributed by atoms with E-state index >= 15 is 0 Å². The van der Waals surface area contributed by atoms with Crippen LogP contribution in [0, 0.1) is 0 Å². The molecule has 0 saturated carbocycles. The second kappa shape index (κ2) is 7.01. The van der Waals surface area contributed by atoms with Gasteiger partial charge in [0, 0.05) is 11.8 Å². The molecule has 3 rings (SSSR count). The monoisotopic (exact) mass is 289 g/mol. The van der Waals surface area contributed by atoms with Crippen LogP contribution < -0.4 is 5.32 Å². The van der Waals surface area contributed by atoms with E-state index in [1.807, 2.05) is 24.4 Å². The summed E-state index contributed by atoms with van der Waals surface area (Å²) in [7, 11) is 0. The second-order valence-corrected chi connectivity index (χ2v) is 5.54. The van der Waals surface area contributed by atoms with Gasteiger partial charge in [0.2, 0.25) is 0 Å². The first-order valence-electron chi connectivity index (χ1n) is 7.71. The lowest BCUT2D eigenvalue weighted by Crippen LogP contribution is -2.83. The van der Waals surface area contributed by atoms with Gasteiger partial charge in [0.1, 0.15) is 12.6 Å². The smallest absolute Gasteiger partial charge is 0.119 e. The van der Waals surface area contributed by atoms with Crippen molar-refractivity contribution in [2.75, 3.05) is 0 Å². The minimum atomic E-state index is 0.423. The molecule has 110 valence electrons. The van der Waals surface area contributed by atoms with Crippen molar-refractivity contribution in [1.82, 2.24) is 4.98 Å². The van der Waals surface area contributed by atoms with Crippen molar-refractivity contribution in [2.45, 2.75) is 19.5 Å². The molecule has 0 spiro atoms. The highest BCUT2D eigenvalue weighted by atomic mass is 14.9. The zero-order valence-electron chi connectivity index (χ0n) is 12.8. The molecule has 3 aromatic rings. The van der Waals surface area contributed by atoms with Gasteiger partial charge in [-0.3, -0.25) is 4.98 Å². The van der Waals surface area contributed by atoms with Gasteiger partial charge in [0.15, 0.2) is 0 Å². The van der Waals surface area contributed by atoms with Gasteiger partial charge in [0.25, 0.3) is 0 Å². The summed E-state index contributed by atoms with van der Waals surface area (Å²) in [6, 6.07) is 25.8. The second-order valence-electron chi connectivity index (χ2n) is 5.54. The van der Waals surface area contributed by atoms with E-state index in [0.29, 0.717) is 6.04 Å². The van der Waals surface area contributed by atoms with Crippen LogP contribution in [0.5, 0.6) is 0 Å². The molecular formula is C20H21N2+. The van der Waals surface area contributed by atoms with E-state index in [1.54, 1.807) is 0 Å². The molecule has 2 nitrogen and oxygen atoms in total. The van der Waals surface area contributed by atoms with E-state index in [2.05, 4.69) is 71.8 Å². The van der Waals surface area contributed by atoms with E-state index in [4.69, 9.17) is 0 Å². The van der Waals surface area contributed by atoms with Crippen LogP contribution in [0.25, 0.3) is 11.1 Å². The molecule has 0 amide bonds. The van der Waals surface area contributed by atoms with Crippen molar-refractivity contribution in [2.24, 2.45) is 0 Å². The van der Waals surface area contributed by atoms with Gasteiger partial charge in [-0.25, -0.2) is 0 Å². The average Bonchev–Trinajstić information content (AvgIpc) is 2.61. The normalized spacial score (nSPS) is 12.0. The maximum atomic E-state index is 4.37. The maximum absolute atomic E-state index is 4.37. The van der Waals surface area contributed by atoms with Crippen LogP contribution in [-0.4, -0.2) is 4.98 Å². The Labute approximate surface area is 131 Å². The van der Waals surface area contributed by atoms with Crippen molar-refractivity contribution in [3.8, 4) is 11.1 Å². The number of nitrogens with two attached hydrogens (primary N) is 1. The van der Waals surface area contributed by atoms with Crippen molar-refractivity contribution in [1.29, 1.82) is 0 Å². The predicted octanol–water partition coefficient (Wildman–Crippen LogP) is 3.57. The lowest BCUT2D eigenvalue weighted by atomic mass is 10.0. The fraction of sp³-hybridized carbons (Fsp3) is 0.150. The minimum absolute atomic E-state index is 0.423. The summed E-state index contributed by atoms with van der Waals surface area (Å²) in [5.41, 5.74) is 4.99. The molecule has 0 fully saturated rings. The largest absolute Gasteiger partial charge is 0.335 e. The van der Waals surface area contributed by atoms with E-state index in [-0.39, 0.29) is 0 Å². The first kappa shape index (κ1) is 14.5. The molecule has 0 radical (unpaired) electrons. The van der Waals surface area contributed by atoms with Crippen molar-refractivity contribution >= 4 is 0 Å². The van der Waals surface area contributed by atoms with Gasteiger partial charge in [-0.2, -0.15) is 0 Å². The predicted molar refractivity (Wildman–Crippen MR) is 90.2 cm³/mol. The highest BCUT2D eigenvalue weighted by Crippen LogP contribution is 2.20. The standard InChI is InChI=1S/C20H20N2/c1-16(22-15-20-9-5-6-14-21-20)17-10-12-19(13-11-17)18-7-3-2-4-8-18/h2-14,16,22H,15H2,1H3/p+1/t16-/m0/s1. The molecule has 1 heterocycles. The number of aromatic nitrogens is 1. The molecule has 1 atom stereocenters. The Morgan fingerprint density at radius 1 is 0.818 bits per heavy atom. The van der Waals surface area contributed by atoms with E-state index in [0.717, 1.165) is 12.2 Å². The summed E-state index contributed by atoms with van der Waals surface area (Å²) in [6.45, 7) is 3.14. The highest BCUT2D eigenvalue weighted by molar-refractivity contribution is 5.63. The molecular weight excluding hydrogens is 268 g/mol. The van der Waals surface area contributed by atoms with Crippen LogP contribution in [-0.2, 0) is 6.54 Å². The molecule has 0 aliphatic heterocycles. The molecule has 0 aliphatic carbocycles.